The number of aliphatic hydroxyl groups is 1. The van der Waals surface area contributed by atoms with Crippen LogP contribution in [-0.2, 0) is 0 Å². The average molecular weight is 185 g/mol. The Morgan fingerprint density at radius 3 is 2.69 bits per heavy atom. The van der Waals surface area contributed by atoms with Crippen molar-refractivity contribution in [1.29, 1.82) is 0 Å². The summed E-state index contributed by atoms with van der Waals surface area (Å²) in [5, 5.41) is 12.6. The zero-order valence-corrected chi connectivity index (χ0v) is 9.09. The maximum absolute atomic E-state index is 9.17. The van der Waals surface area contributed by atoms with Crippen molar-refractivity contribution in [2.24, 2.45) is 11.8 Å². The van der Waals surface area contributed by atoms with E-state index in [1.165, 1.54) is 19.3 Å². The van der Waals surface area contributed by atoms with E-state index in [2.05, 4.69) is 19.2 Å². The summed E-state index contributed by atoms with van der Waals surface area (Å²) in [6, 6.07) is 0.623. The number of hydrogen-bond donors (Lipinski definition) is 2. The Morgan fingerprint density at radius 1 is 1.38 bits per heavy atom. The van der Waals surface area contributed by atoms with Gasteiger partial charge in [-0.15, -0.1) is 0 Å². The first kappa shape index (κ1) is 11.0. The third-order valence-corrected chi connectivity index (χ3v) is 3.13. The molecule has 2 N–H and O–H groups in total. The van der Waals surface area contributed by atoms with Crippen LogP contribution in [0.5, 0.6) is 0 Å². The second-order valence-electron chi connectivity index (χ2n) is 4.76. The Balaban J connectivity index is 2.29. The first-order valence-electron chi connectivity index (χ1n) is 5.51. The highest BCUT2D eigenvalue weighted by Crippen LogP contribution is 2.28. The van der Waals surface area contributed by atoms with Gasteiger partial charge in [0.25, 0.3) is 0 Å². The molecule has 1 aliphatic carbocycles. The van der Waals surface area contributed by atoms with E-state index in [0.29, 0.717) is 6.04 Å². The van der Waals surface area contributed by atoms with E-state index in [1.807, 2.05) is 6.92 Å². The van der Waals surface area contributed by atoms with Gasteiger partial charge in [-0.3, -0.25) is 0 Å². The molecule has 1 saturated carbocycles. The number of aliphatic hydroxyl groups excluding tert-OH is 1. The molecule has 13 heavy (non-hydrogen) atoms. The van der Waals surface area contributed by atoms with Crippen LogP contribution in [0.3, 0.4) is 0 Å². The molecule has 0 bridgehead atoms. The molecule has 1 aliphatic rings. The van der Waals surface area contributed by atoms with Crippen LogP contribution in [0, 0.1) is 11.8 Å². The van der Waals surface area contributed by atoms with E-state index in [0.717, 1.165) is 18.4 Å². The third kappa shape index (κ3) is 3.65. The molecule has 0 aromatic rings. The summed E-state index contributed by atoms with van der Waals surface area (Å²) in [5.41, 5.74) is 0. The Hall–Kier alpha value is -0.0800. The Morgan fingerprint density at radius 2 is 2.08 bits per heavy atom. The van der Waals surface area contributed by atoms with Gasteiger partial charge in [-0.25, -0.2) is 0 Å². The van der Waals surface area contributed by atoms with Gasteiger partial charge in [-0.1, -0.05) is 20.3 Å². The SMILES string of the molecule is CC(O)CNC1CC(C)CCC1C. The van der Waals surface area contributed by atoms with Crippen LogP contribution >= 0.6 is 0 Å². The van der Waals surface area contributed by atoms with Gasteiger partial charge in [-0.05, 0) is 31.6 Å². The fourth-order valence-corrected chi connectivity index (χ4v) is 2.14. The predicted molar refractivity (Wildman–Crippen MR) is 55.7 cm³/mol. The highest BCUT2D eigenvalue weighted by molar-refractivity contribution is 4.81. The zero-order chi connectivity index (χ0) is 9.84. The van der Waals surface area contributed by atoms with Crippen molar-refractivity contribution < 1.29 is 5.11 Å². The molecule has 0 heterocycles. The van der Waals surface area contributed by atoms with Crippen molar-refractivity contribution in [3.63, 3.8) is 0 Å². The van der Waals surface area contributed by atoms with Crippen LogP contribution in [0.4, 0.5) is 0 Å². The van der Waals surface area contributed by atoms with Gasteiger partial charge in [0.15, 0.2) is 0 Å². The molecule has 0 aliphatic heterocycles. The minimum Gasteiger partial charge on any atom is -0.392 e. The first-order valence-corrected chi connectivity index (χ1v) is 5.51. The Bertz CT molecular complexity index is 147. The molecule has 2 heteroatoms. The van der Waals surface area contributed by atoms with Gasteiger partial charge in [0.05, 0.1) is 6.10 Å². The molecule has 78 valence electrons. The zero-order valence-electron chi connectivity index (χ0n) is 9.09. The van der Waals surface area contributed by atoms with Crippen LogP contribution in [0.25, 0.3) is 0 Å². The Labute approximate surface area is 81.7 Å². The number of hydrogen-bond acceptors (Lipinski definition) is 2. The maximum Gasteiger partial charge on any atom is 0.0636 e. The Kier molecular flexibility index (Phi) is 4.20. The average Bonchev–Trinajstić information content (AvgIpc) is 2.06. The summed E-state index contributed by atoms with van der Waals surface area (Å²) in [6.07, 6.45) is 3.75. The molecule has 2 nitrogen and oxygen atoms in total. The molecular weight excluding hydrogens is 162 g/mol. The standard InChI is InChI=1S/C11H23NO/c1-8-4-5-9(2)11(6-8)12-7-10(3)13/h8-13H,4-7H2,1-3H3. The number of nitrogens with one attached hydrogen (secondary N) is 1. The van der Waals surface area contributed by atoms with Gasteiger partial charge in [-0.2, -0.15) is 0 Å². The molecule has 0 amide bonds. The molecule has 1 rings (SSSR count). The highest BCUT2D eigenvalue weighted by Gasteiger charge is 2.24. The summed E-state index contributed by atoms with van der Waals surface area (Å²) in [6.45, 7) is 7.21. The van der Waals surface area contributed by atoms with Gasteiger partial charge in [0, 0.05) is 12.6 Å². The largest absolute Gasteiger partial charge is 0.392 e. The monoisotopic (exact) mass is 185 g/mol. The lowest BCUT2D eigenvalue weighted by Gasteiger charge is -2.33. The summed E-state index contributed by atoms with van der Waals surface area (Å²) in [4.78, 5) is 0. The summed E-state index contributed by atoms with van der Waals surface area (Å²) >= 11 is 0. The first-order chi connectivity index (χ1) is 6.09. The van der Waals surface area contributed by atoms with E-state index in [9.17, 15) is 5.11 Å². The third-order valence-electron chi connectivity index (χ3n) is 3.13. The second-order valence-corrected chi connectivity index (χ2v) is 4.76. The highest BCUT2D eigenvalue weighted by atomic mass is 16.3. The molecule has 1 fully saturated rings. The smallest absolute Gasteiger partial charge is 0.0636 e. The van der Waals surface area contributed by atoms with Crippen molar-refractivity contribution in [3.8, 4) is 0 Å². The summed E-state index contributed by atoms with van der Waals surface area (Å²) < 4.78 is 0. The predicted octanol–water partition coefficient (Wildman–Crippen LogP) is 1.78. The van der Waals surface area contributed by atoms with Crippen LogP contribution in [0.2, 0.25) is 0 Å². The van der Waals surface area contributed by atoms with E-state index >= 15 is 0 Å². The minimum atomic E-state index is -0.218. The van der Waals surface area contributed by atoms with Crippen LogP contribution < -0.4 is 5.32 Å². The lowest BCUT2D eigenvalue weighted by atomic mass is 9.80. The quantitative estimate of drug-likeness (QED) is 0.702. The van der Waals surface area contributed by atoms with E-state index < -0.39 is 0 Å². The van der Waals surface area contributed by atoms with Gasteiger partial charge < -0.3 is 10.4 Å². The van der Waals surface area contributed by atoms with Crippen molar-refractivity contribution in [2.75, 3.05) is 6.54 Å². The van der Waals surface area contributed by atoms with Crippen LogP contribution in [0.15, 0.2) is 0 Å². The van der Waals surface area contributed by atoms with E-state index in [-0.39, 0.29) is 6.10 Å². The molecule has 0 aromatic carbocycles. The summed E-state index contributed by atoms with van der Waals surface area (Å²) in [7, 11) is 0. The maximum atomic E-state index is 9.17. The minimum absolute atomic E-state index is 0.218. The topological polar surface area (TPSA) is 32.3 Å². The second kappa shape index (κ2) is 4.97. The lowest BCUT2D eigenvalue weighted by molar-refractivity contribution is 0.162. The molecule has 0 spiro atoms. The lowest BCUT2D eigenvalue weighted by Crippen LogP contribution is -2.42. The van der Waals surface area contributed by atoms with Crippen molar-refractivity contribution >= 4 is 0 Å². The summed E-state index contributed by atoms with van der Waals surface area (Å²) in [5.74, 6) is 1.62. The molecule has 0 saturated heterocycles. The fourth-order valence-electron chi connectivity index (χ4n) is 2.14. The van der Waals surface area contributed by atoms with Gasteiger partial charge >= 0.3 is 0 Å². The molecular formula is C11H23NO. The van der Waals surface area contributed by atoms with Gasteiger partial charge in [0.2, 0.25) is 0 Å². The van der Waals surface area contributed by atoms with Crippen molar-refractivity contribution in [1.82, 2.24) is 5.32 Å². The normalized spacial score (nSPS) is 37.4. The molecule has 4 unspecified atom stereocenters. The van der Waals surface area contributed by atoms with Crippen molar-refractivity contribution in [2.45, 2.75) is 52.2 Å². The van der Waals surface area contributed by atoms with Crippen LogP contribution in [-0.4, -0.2) is 23.8 Å². The number of rotatable bonds is 3. The molecule has 0 aromatic heterocycles. The van der Waals surface area contributed by atoms with E-state index in [4.69, 9.17) is 0 Å². The fraction of sp³-hybridized carbons (Fsp3) is 1.00. The van der Waals surface area contributed by atoms with E-state index in [1.54, 1.807) is 0 Å². The van der Waals surface area contributed by atoms with Crippen LogP contribution in [0.1, 0.15) is 40.0 Å². The molecule has 4 atom stereocenters. The molecule has 0 radical (unpaired) electrons. The van der Waals surface area contributed by atoms with Crippen molar-refractivity contribution in [3.05, 3.63) is 0 Å². The van der Waals surface area contributed by atoms with Gasteiger partial charge in [0.1, 0.15) is 0 Å².